The number of nitrogens with one attached hydrogen (secondary N) is 2. The van der Waals surface area contributed by atoms with Gasteiger partial charge < -0.3 is 4.74 Å². The normalized spacial score (nSPS) is 9.50. The zero-order valence-electron chi connectivity index (χ0n) is 9.12. The summed E-state index contributed by atoms with van der Waals surface area (Å²) in [5.74, 6) is 0.182. The zero-order valence-corrected chi connectivity index (χ0v) is 9.12. The molecule has 1 aromatic heterocycles. The number of carbonyl (C=O) groups excluding carboxylic acids is 1. The summed E-state index contributed by atoms with van der Waals surface area (Å²) in [6, 6.07) is 8.42. The Labute approximate surface area is 102 Å². The molecule has 0 aliphatic heterocycles. The van der Waals surface area contributed by atoms with Gasteiger partial charge in [0.05, 0.1) is 11.6 Å². The minimum absolute atomic E-state index is 0.0865. The molecule has 2 rings (SSSR count). The van der Waals surface area contributed by atoms with Crippen molar-refractivity contribution in [3.05, 3.63) is 29.8 Å². The van der Waals surface area contributed by atoms with Gasteiger partial charge in [0.1, 0.15) is 5.75 Å². The number of hydrogen-bond acceptors (Lipinski definition) is 6. The first-order chi connectivity index (χ1) is 8.78. The number of carbonyl (C=O) groups is 1. The average Bonchev–Trinajstić information content (AvgIpc) is 2.90. The molecule has 0 fully saturated rings. The van der Waals surface area contributed by atoms with E-state index in [-0.39, 0.29) is 12.6 Å². The van der Waals surface area contributed by atoms with E-state index in [0.29, 0.717) is 11.3 Å². The summed E-state index contributed by atoms with van der Waals surface area (Å²) in [4.78, 5) is 11.4. The lowest BCUT2D eigenvalue weighted by atomic mass is 10.2. The lowest BCUT2D eigenvalue weighted by Gasteiger charge is -2.04. The Morgan fingerprint density at radius 3 is 2.83 bits per heavy atom. The highest BCUT2D eigenvalue weighted by Gasteiger charge is 2.06. The van der Waals surface area contributed by atoms with Gasteiger partial charge in [0.25, 0.3) is 11.9 Å². The van der Waals surface area contributed by atoms with Crippen molar-refractivity contribution in [3.63, 3.8) is 0 Å². The molecule has 0 saturated carbocycles. The fourth-order valence-corrected chi connectivity index (χ4v) is 1.15. The number of ether oxygens (including phenoxy) is 1. The van der Waals surface area contributed by atoms with Crippen LogP contribution in [0.1, 0.15) is 5.56 Å². The summed E-state index contributed by atoms with van der Waals surface area (Å²) in [5.41, 5.74) is 0.526. The predicted molar refractivity (Wildman–Crippen MR) is 59.5 cm³/mol. The van der Waals surface area contributed by atoms with Crippen LogP contribution in [-0.4, -0.2) is 33.1 Å². The molecular formula is C10H8N6O2. The highest BCUT2D eigenvalue weighted by Crippen LogP contribution is 2.11. The first-order valence-electron chi connectivity index (χ1n) is 4.94. The summed E-state index contributed by atoms with van der Waals surface area (Å²) in [6.07, 6.45) is 0. The van der Waals surface area contributed by atoms with Crippen LogP contribution in [-0.2, 0) is 4.79 Å². The molecule has 0 atom stereocenters. The number of H-pyrrole nitrogens is 1. The smallest absolute Gasteiger partial charge is 0.269 e. The van der Waals surface area contributed by atoms with E-state index >= 15 is 0 Å². The molecule has 2 aromatic rings. The number of anilines is 1. The Morgan fingerprint density at radius 1 is 1.44 bits per heavy atom. The molecule has 2 N–H and O–H groups in total. The molecule has 90 valence electrons. The molecule has 0 unspecified atom stereocenters. The van der Waals surface area contributed by atoms with E-state index < -0.39 is 5.91 Å². The van der Waals surface area contributed by atoms with Crippen molar-refractivity contribution in [2.75, 3.05) is 11.9 Å². The molecule has 8 heteroatoms. The molecule has 0 bridgehead atoms. The number of nitriles is 1. The third kappa shape index (κ3) is 3.02. The number of aromatic amines is 1. The molecule has 0 aliphatic rings. The van der Waals surface area contributed by atoms with Crippen molar-refractivity contribution >= 4 is 11.9 Å². The topological polar surface area (TPSA) is 117 Å². The van der Waals surface area contributed by atoms with Gasteiger partial charge in [-0.25, -0.2) is 0 Å². The maximum Gasteiger partial charge on any atom is 0.269 e. The summed E-state index contributed by atoms with van der Waals surface area (Å²) in [7, 11) is 0. The highest BCUT2D eigenvalue weighted by atomic mass is 16.5. The van der Waals surface area contributed by atoms with Gasteiger partial charge in [-0.05, 0) is 29.5 Å². The van der Waals surface area contributed by atoms with E-state index in [1.165, 1.54) is 0 Å². The summed E-state index contributed by atoms with van der Waals surface area (Å²) >= 11 is 0. The van der Waals surface area contributed by atoms with E-state index in [2.05, 4.69) is 25.9 Å². The van der Waals surface area contributed by atoms with Crippen LogP contribution >= 0.6 is 0 Å². The number of nitrogens with zero attached hydrogens (tertiary/aromatic N) is 4. The number of amides is 1. The minimum atomic E-state index is -0.402. The second-order valence-corrected chi connectivity index (χ2v) is 3.21. The summed E-state index contributed by atoms with van der Waals surface area (Å²) in [5, 5.41) is 23.6. The monoisotopic (exact) mass is 244 g/mol. The number of tetrazole rings is 1. The summed E-state index contributed by atoms with van der Waals surface area (Å²) < 4.78 is 5.21. The number of hydrogen-bond donors (Lipinski definition) is 2. The zero-order chi connectivity index (χ0) is 12.8. The second-order valence-electron chi connectivity index (χ2n) is 3.21. The lowest BCUT2D eigenvalue weighted by Crippen LogP contribution is -2.20. The first-order valence-corrected chi connectivity index (χ1v) is 4.94. The van der Waals surface area contributed by atoms with Crippen LogP contribution < -0.4 is 10.1 Å². The van der Waals surface area contributed by atoms with Gasteiger partial charge in [0, 0.05) is 0 Å². The van der Waals surface area contributed by atoms with Gasteiger partial charge in [-0.1, -0.05) is 5.10 Å². The standard InChI is InChI=1S/C10H8N6O2/c11-5-7-1-3-8(4-2-7)18-6-9(17)12-10-13-15-16-14-10/h1-4H,6H2,(H2,12,13,14,15,16,17). The van der Waals surface area contributed by atoms with Crippen LogP contribution in [0.25, 0.3) is 0 Å². The van der Waals surface area contributed by atoms with Gasteiger partial charge in [-0.15, -0.1) is 5.10 Å². The van der Waals surface area contributed by atoms with E-state index in [0.717, 1.165) is 0 Å². The Morgan fingerprint density at radius 2 is 2.22 bits per heavy atom. The van der Waals surface area contributed by atoms with Crippen molar-refractivity contribution in [3.8, 4) is 11.8 Å². The highest BCUT2D eigenvalue weighted by molar-refractivity contribution is 5.90. The molecule has 1 aromatic carbocycles. The van der Waals surface area contributed by atoms with Crippen molar-refractivity contribution in [2.24, 2.45) is 0 Å². The number of aromatic nitrogens is 4. The molecule has 0 radical (unpaired) electrons. The van der Waals surface area contributed by atoms with Gasteiger partial charge in [0.2, 0.25) is 0 Å². The summed E-state index contributed by atoms with van der Waals surface area (Å²) in [6.45, 7) is -0.180. The van der Waals surface area contributed by atoms with Crippen molar-refractivity contribution < 1.29 is 9.53 Å². The van der Waals surface area contributed by atoms with E-state index in [4.69, 9.17) is 10.00 Å². The molecule has 0 aliphatic carbocycles. The Balaban J connectivity index is 1.83. The molecule has 8 nitrogen and oxygen atoms in total. The molecule has 0 saturated heterocycles. The maximum atomic E-state index is 11.4. The van der Waals surface area contributed by atoms with E-state index in [9.17, 15) is 4.79 Å². The van der Waals surface area contributed by atoms with Crippen LogP contribution in [0.3, 0.4) is 0 Å². The Bertz CT molecular complexity index is 557. The molecule has 1 amide bonds. The number of rotatable bonds is 4. The van der Waals surface area contributed by atoms with Crippen LogP contribution in [0.2, 0.25) is 0 Å². The molecule has 0 spiro atoms. The van der Waals surface area contributed by atoms with E-state index in [1.54, 1.807) is 24.3 Å². The lowest BCUT2D eigenvalue weighted by molar-refractivity contribution is -0.118. The predicted octanol–water partition coefficient (Wildman–Crippen LogP) is 0.0889. The second kappa shape index (κ2) is 5.40. The molecule has 1 heterocycles. The van der Waals surface area contributed by atoms with Crippen LogP contribution in [0.4, 0.5) is 5.95 Å². The quantitative estimate of drug-likeness (QED) is 0.787. The van der Waals surface area contributed by atoms with Crippen LogP contribution in [0, 0.1) is 11.3 Å². The van der Waals surface area contributed by atoms with Crippen LogP contribution in [0.5, 0.6) is 5.75 Å². The third-order valence-electron chi connectivity index (χ3n) is 1.95. The van der Waals surface area contributed by atoms with Gasteiger partial charge in [-0.3, -0.25) is 10.1 Å². The largest absolute Gasteiger partial charge is 0.484 e. The molecule has 18 heavy (non-hydrogen) atoms. The Hall–Kier alpha value is -2.95. The first kappa shape index (κ1) is 11.5. The van der Waals surface area contributed by atoms with Crippen molar-refractivity contribution in [1.82, 2.24) is 20.6 Å². The molecular weight excluding hydrogens is 236 g/mol. The van der Waals surface area contributed by atoms with Crippen molar-refractivity contribution in [2.45, 2.75) is 0 Å². The maximum absolute atomic E-state index is 11.4. The third-order valence-corrected chi connectivity index (χ3v) is 1.95. The van der Waals surface area contributed by atoms with Gasteiger partial charge in [-0.2, -0.15) is 10.5 Å². The average molecular weight is 244 g/mol. The fourth-order valence-electron chi connectivity index (χ4n) is 1.15. The minimum Gasteiger partial charge on any atom is -0.484 e. The van der Waals surface area contributed by atoms with E-state index in [1.807, 2.05) is 6.07 Å². The van der Waals surface area contributed by atoms with Crippen LogP contribution in [0.15, 0.2) is 24.3 Å². The van der Waals surface area contributed by atoms with Gasteiger partial charge in [0.15, 0.2) is 6.61 Å². The van der Waals surface area contributed by atoms with Gasteiger partial charge >= 0.3 is 0 Å². The SMILES string of the molecule is N#Cc1ccc(OCC(=O)Nc2nn[nH]n2)cc1. The fraction of sp³-hybridized carbons (Fsp3) is 0.100. The van der Waals surface area contributed by atoms with Crippen molar-refractivity contribution in [1.29, 1.82) is 5.26 Å². The Kier molecular flexibility index (Phi) is 3.46. The number of benzene rings is 1.